The van der Waals surface area contributed by atoms with Gasteiger partial charge in [-0.15, -0.1) is 0 Å². The summed E-state index contributed by atoms with van der Waals surface area (Å²) in [6.45, 7) is 10.5. The van der Waals surface area contributed by atoms with E-state index in [1.807, 2.05) is 6.92 Å². The van der Waals surface area contributed by atoms with E-state index in [1.165, 1.54) is 0 Å². The van der Waals surface area contributed by atoms with Crippen LogP contribution >= 0.6 is 0 Å². The van der Waals surface area contributed by atoms with Crippen LogP contribution in [0.1, 0.15) is 59.3 Å². The van der Waals surface area contributed by atoms with Gasteiger partial charge in [0.25, 0.3) is 0 Å². The number of ketones is 1. The molecular weight excluding hydrogens is 276 g/mol. The molecule has 4 unspecified atom stereocenters. The molecule has 0 spiro atoms. The molecule has 1 saturated carbocycles. The zero-order valence-corrected chi connectivity index (χ0v) is 14.0. The van der Waals surface area contributed by atoms with E-state index in [-0.39, 0.29) is 17.3 Å². The third kappa shape index (κ3) is 2.69. The van der Waals surface area contributed by atoms with Crippen LogP contribution in [0.25, 0.3) is 0 Å². The van der Waals surface area contributed by atoms with Gasteiger partial charge in [0.15, 0.2) is 5.78 Å². The third-order valence-corrected chi connectivity index (χ3v) is 6.02. The predicted octanol–water partition coefficient (Wildman–Crippen LogP) is 3.57. The number of fused-ring (bicyclic) bond motifs is 3. The number of aliphatic hydroxyl groups is 1. The first-order valence-corrected chi connectivity index (χ1v) is 8.50. The van der Waals surface area contributed by atoms with E-state index in [2.05, 4.69) is 26.5 Å². The molecule has 1 N–H and O–H groups in total. The highest BCUT2D eigenvalue weighted by Gasteiger charge is 2.57. The zero-order chi connectivity index (χ0) is 16.1. The quantitative estimate of drug-likeness (QED) is 0.550. The Hall–Kier alpha value is -0.930. The molecule has 1 saturated heterocycles. The number of carbonyl (C=O) groups excluding carboxylic acids is 1. The van der Waals surface area contributed by atoms with Crippen LogP contribution in [-0.2, 0) is 9.53 Å². The zero-order valence-electron chi connectivity index (χ0n) is 14.0. The number of allylic oxidation sites excluding steroid dienone is 2. The maximum atomic E-state index is 12.8. The van der Waals surface area contributed by atoms with Gasteiger partial charge in [0.05, 0.1) is 6.10 Å². The molecule has 3 rings (SSSR count). The fourth-order valence-electron chi connectivity index (χ4n) is 4.43. The summed E-state index contributed by atoms with van der Waals surface area (Å²) in [6, 6.07) is 0. The van der Waals surface area contributed by atoms with Gasteiger partial charge in [-0.2, -0.15) is 0 Å². The molecule has 2 fully saturated rings. The molecule has 22 heavy (non-hydrogen) atoms. The lowest BCUT2D eigenvalue weighted by atomic mass is 9.64. The van der Waals surface area contributed by atoms with Crippen LogP contribution in [0.5, 0.6) is 0 Å². The van der Waals surface area contributed by atoms with Gasteiger partial charge in [-0.05, 0) is 55.9 Å². The monoisotopic (exact) mass is 304 g/mol. The summed E-state index contributed by atoms with van der Waals surface area (Å²) >= 11 is 0. The van der Waals surface area contributed by atoms with Crippen LogP contribution in [0.15, 0.2) is 23.8 Å². The maximum absolute atomic E-state index is 12.8. The van der Waals surface area contributed by atoms with Crippen molar-refractivity contribution in [1.82, 2.24) is 0 Å². The number of aliphatic hydroxyl groups excluding tert-OH is 1. The number of carbonyl (C=O) groups is 1. The van der Waals surface area contributed by atoms with Gasteiger partial charge in [0.2, 0.25) is 0 Å². The number of ether oxygens (including phenoxy) is 1. The van der Waals surface area contributed by atoms with E-state index in [9.17, 15) is 9.90 Å². The van der Waals surface area contributed by atoms with Crippen molar-refractivity contribution < 1.29 is 14.6 Å². The molecule has 3 heteroatoms. The second kappa shape index (κ2) is 5.31. The standard InChI is InChI=1S/C19H28O3/c1-12-8-9-13-6-5-7-14(18(13,2)3)16(21)11-19(4)17(22-19)15(20)10-12/h7,13,15,17,20H,1,5-6,8-11H2,2-4H3. The second-order valence-corrected chi connectivity index (χ2v) is 8.12. The second-order valence-electron chi connectivity index (χ2n) is 8.12. The van der Waals surface area contributed by atoms with Gasteiger partial charge in [0.1, 0.15) is 11.7 Å². The van der Waals surface area contributed by atoms with E-state index >= 15 is 0 Å². The molecule has 0 aromatic carbocycles. The Labute approximate surface area is 133 Å². The SMILES string of the molecule is C=C1CCC2CCC=C(C(=O)CC3(C)OC3C(O)C1)C2(C)C. The predicted molar refractivity (Wildman–Crippen MR) is 86.5 cm³/mol. The molecular formula is C19H28O3. The van der Waals surface area contributed by atoms with Crippen molar-refractivity contribution in [1.29, 1.82) is 0 Å². The summed E-state index contributed by atoms with van der Waals surface area (Å²) < 4.78 is 5.72. The van der Waals surface area contributed by atoms with E-state index in [4.69, 9.17) is 4.74 Å². The minimum atomic E-state index is -0.536. The van der Waals surface area contributed by atoms with E-state index in [0.29, 0.717) is 18.8 Å². The summed E-state index contributed by atoms with van der Waals surface area (Å²) in [5, 5.41) is 10.3. The number of Topliss-reactive ketones (excluding diaryl/α,β-unsaturated/α-hetero) is 1. The van der Waals surface area contributed by atoms with E-state index in [0.717, 1.165) is 36.8 Å². The fourth-order valence-corrected chi connectivity index (χ4v) is 4.43. The maximum Gasteiger partial charge on any atom is 0.162 e. The largest absolute Gasteiger partial charge is 0.390 e. The molecule has 0 amide bonds. The van der Waals surface area contributed by atoms with Crippen molar-refractivity contribution in [3.8, 4) is 0 Å². The molecule has 3 nitrogen and oxygen atoms in total. The van der Waals surface area contributed by atoms with Gasteiger partial charge in [-0.25, -0.2) is 0 Å². The molecule has 4 atom stereocenters. The minimum absolute atomic E-state index is 0.0752. The smallest absolute Gasteiger partial charge is 0.162 e. The van der Waals surface area contributed by atoms with Crippen molar-refractivity contribution in [2.75, 3.05) is 0 Å². The van der Waals surface area contributed by atoms with Gasteiger partial charge in [0, 0.05) is 6.42 Å². The first-order valence-electron chi connectivity index (χ1n) is 8.50. The highest BCUT2D eigenvalue weighted by Crippen LogP contribution is 2.49. The van der Waals surface area contributed by atoms with Crippen LogP contribution in [0.3, 0.4) is 0 Å². The molecule has 2 bridgehead atoms. The molecule has 1 aliphatic heterocycles. The Bertz CT molecular complexity index is 531. The van der Waals surface area contributed by atoms with Crippen LogP contribution in [0, 0.1) is 11.3 Å². The fraction of sp³-hybridized carbons (Fsp3) is 0.737. The highest BCUT2D eigenvalue weighted by atomic mass is 16.6. The third-order valence-electron chi connectivity index (χ3n) is 6.02. The topological polar surface area (TPSA) is 49.8 Å². The summed E-state index contributed by atoms with van der Waals surface area (Å²) in [6.07, 6.45) is 6.44. The number of hydrogen-bond donors (Lipinski definition) is 1. The van der Waals surface area contributed by atoms with Crippen molar-refractivity contribution >= 4 is 5.78 Å². The molecule has 0 radical (unpaired) electrons. The molecule has 122 valence electrons. The number of epoxide rings is 1. The minimum Gasteiger partial charge on any atom is -0.390 e. The average Bonchev–Trinajstić information content (AvgIpc) is 3.07. The summed E-state index contributed by atoms with van der Waals surface area (Å²) in [5.74, 6) is 0.708. The molecule has 0 aromatic rings. The van der Waals surface area contributed by atoms with E-state index in [1.54, 1.807) is 0 Å². The van der Waals surface area contributed by atoms with Crippen molar-refractivity contribution in [3.05, 3.63) is 23.8 Å². The van der Waals surface area contributed by atoms with Crippen LogP contribution in [0.4, 0.5) is 0 Å². The summed E-state index contributed by atoms with van der Waals surface area (Å²) in [4.78, 5) is 12.8. The Morgan fingerprint density at radius 1 is 1.32 bits per heavy atom. The summed E-state index contributed by atoms with van der Waals surface area (Å²) in [7, 11) is 0. The van der Waals surface area contributed by atoms with E-state index < -0.39 is 11.7 Å². The summed E-state index contributed by atoms with van der Waals surface area (Å²) in [5.41, 5.74) is 1.50. The van der Waals surface area contributed by atoms with Gasteiger partial charge in [-0.3, -0.25) is 4.79 Å². The van der Waals surface area contributed by atoms with Gasteiger partial charge >= 0.3 is 0 Å². The Morgan fingerprint density at radius 2 is 2.05 bits per heavy atom. The lowest BCUT2D eigenvalue weighted by Gasteiger charge is -2.40. The molecule has 3 aliphatic rings. The first kappa shape index (κ1) is 15.9. The van der Waals surface area contributed by atoms with Crippen molar-refractivity contribution in [2.24, 2.45) is 11.3 Å². The number of rotatable bonds is 0. The molecule has 1 heterocycles. The van der Waals surface area contributed by atoms with Crippen molar-refractivity contribution in [3.63, 3.8) is 0 Å². The van der Waals surface area contributed by atoms with Crippen molar-refractivity contribution in [2.45, 2.75) is 77.1 Å². The van der Waals surface area contributed by atoms with Crippen LogP contribution < -0.4 is 0 Å². The molecule has 2 aliphatic carbocycles. The Morgan fingerprint density at radius 3 is 2.77 bits per heavy atom. The lowest BCUT2D eigenvalue weighted by molar-refractivity contribution is -0.118. The Kier molecular flexibility index (Phi) is 3.85. The van der Waals surface area contributed by atoms with Crippen LogP contribution in [0.2, 0.25) is 0 Å². The van der Waals surface area contributed by atoms with Gasteiger partial charge < -0.3 is 9.84 Å². The first-order chi connectivity index (χ1) is 10.2. The molecule has 0 aromatic heterocycles. The lowest BCUT2D eigenvalue weighted by Crippen LogP contribution is -2.35. The normalized spacial score (nSPS) is 41.8. The average molecular weight is 304 g/mol. The number of hydrogen-bond acceptors (Lipinski definition) is 3. The van der Waals surface area contributed by atoms with Gasteiger partial charge in [-0.1, -0.05) is 32.1 Å². The van der Waals surface area contributed by atoms with Crippen LogP contribution in [-0.4, -0.2) is 28.7 Å². The highest BCUT2D eigenvalue weighted by molar-refractivity contribution is 5.97. The Balaban J connectivity index is 1.90.